The van der Waals surface area contributed by atoms with Gasteiger partial charge in [0.1, 0.15) is 11.5 Å². The summed E-state index contributed by atoms with van der Waals surface area (Å²) in [5.41, 5.74) is 5.41. The number of rotatable bonds is 1. The second-order valence-electron chi connectivity index (χ2n) is 2.15. The zero-order valence-electron chi connectivity index (χ0n) is 6.56. The number of hydrogen-bond donors (Lipinski definition) is 1. The molecule has 1 heterocycles. The molecule has 0 saturated carbocycles. The Hall–Kier alpha value is -1.78. The molecule has 0 aromatic carbocycles. The van der Waals surface area contributed by atoms with Gasteiger partial charge in [-0.15, -0.1) is 0 Å². The predicted octanol–water partition coefficient (Wildman–Crippen LogP) is -0.00610. The van der Waals surface area contributed by atoms with Crippen LogP contribution in [0.15, 0.2) is 23.6 Å². The van der Waals surface area contributed by atoms with Crippen molar-refractivity contribution in [2.24, 2.45) is 10.7 Å². The molecule has 1 aromatic rings. The molecule has 0 aliphatic heterocycles. The molecule has 5 nitrogen and oxygen atoms in total. The van der Waals surface area contributed by atoms with Crippen molar-refractivity contribution in [3.05, 3.63) is 24.3 Å². The van der Waals surface area contributed by atoms with E-state index in [1.54, 1.807) is 0 Å². The Kier molecular flexibility index (Phi) is 2.47. The van der Waals surface area contributed by atoms with Gasteiger partial charge in [0.05, 0.1) is 6.20 Å². The van der Waals surface area contributed by atoms with Gasteiger partial charge in [0.15, 0.2) is 0 Å². The molecule has 0 aliphatic rings. The van der Waals surface area contributed by atoms with Gasteiger partial charge in [0, 0.05) is 12.4 Å². The molecule has 0 atom stereocenters. The average molecular weight is 164 g/mol. The summed E-state index contributed by atoms with van der Waals surface area (Å²) in [6.45, 7) is 1.54. The number of carbonyl (C=O) groups is 1. The van der Waals surface area contributed by atoms with Gasteiger partial charge in [-0.1, -0.05) is 0 Å². The molecule has 5 heteroatoms. The number of nitrogens with two attached hydrogens (primary N) is 1. The lowest BCUT2D eigenvalue weighted by molar-refractivity contribution is 0.0997. The van der Waals surface area contributed by atoms with Crippen molar-refractivity contribution in [1.29, 1.82) is 0 Å². The first kappa shape index (κ1) is 8.32. The highest BCUT2D eigenvalue weighted by molar-refractivity contribution is 6.00. The Morgan fingerprint density at radius 3 is 2.83 bits per heavy atom. The maximum Gasteiger partial charge on any atom is 0.298 e. The summed E-state index contributed by atoms with van der Waals surface area (Å²) in [7, 11) is 0. The van der Waals surface area contributed by atoms with E-state index >= 15 is 0 Å². The van der Waals surface area contributed by atoms with Gasteiger partial charge in [0.25, 0.3) is 5.91 Å². The summed E-state index contributed by atoms with van der Waals surface area (Å²) in [4.78, 5) is 22.1. The molecular weight excluding hydrogens is 156 g/mol. The molecule has 1 aromatic heterocycles. The molecule has 0 spiro atoms. The molecule has 1 amide bonds. The molecular formula is C7H8N4O. The fourth-order valence-electron chi connectivity index (χ4n) is 0.627. The van der Waals surface area contributed by atoms with Crippen molar-refractivity contribution in [3.63, 3.8) is 0 Å². The first-order valence-corrected chi connectivity index (χ1v) is 3.31. The number of aliphatic imine (C=N–C) groups is 1. The zero-order valence-corrected chi connectivity index (χ0v) is 6.56. The van der Waals surface area contributed by atoms with Crippen LogP contribution in [0.2, 0.25) is 0 Å². The van der Waals surface area contributed by atoms with Crippen molar-refractivity contribution in [2.75, 3.05) is 0 Å². The van der Waals surface area contributed by atoms with Gasteiger partial charge in [0.2, 0.25) is 0 Å². The van der Waals surface area contributed by atoms with Crippen LogP contribution in [0.3, 0.4) is 0 Å². The zero-order chi connectivity index (χ0) is 8.97. The number of carbonyl (C=O) groups excluding carboxylic acids is 1. The van der Waals surface area contributed by atoms with E-state index < -0.39 is 5.91 Å². The second-order valence-corrected chi connectivity index (χ2v) is 2.15. The Morgan fingerprint density at radius 2 is 2.33 bits per heavy atom. The number of aromatic nitrogens is 2. The van der Waals surface area contributed by atoms with Gasteiger partial charge in [-0.3, -0.25) is 9.78 Å². The minimum Gasteiger partial charge on any atom is -0.387 e. The van der Waals surface area contributed by atoms with Crippen LogP contribution in [0, 0.1) is 0 Å². The molecule has 0 fully saturated rings. The molecule has 62 valence electrons. The third-order valence-corrected chi connectivity index (χ3v) is 1.06. The quantitative estimate of drug-likeness (QED) is 0.467. The van der Waals surface area contributed by atoms with Crippen LogP contribution in [0.25, 0.3) is 0 Å². The van der Waals surface area contributed by atoms with Gasteiger partial charge in [-0.25, -0.2) is 4.98 Å². The summed E-state index contributed by atoms with van der Waals surface area (Å²) in [5.74, 6) is -0.256. The fourth-order valence-corrected chi connectivity index (χ4v) is 0.627. The molecule has 2 N–H and O–H groups in total. The van der Waals surface area contributed by atoms with Crippen LogP contribution in [-0.4, -0.2) is 21.7 Å². The molecule has 0 aliphatic carbocycles. The van der Waals surface area contributed by atoms with Gasteiger partial charge in [-0.05, 0) is 6.92 Å². The highest BCUT2D eigenvalue weighted by atomic mass is 16.1. The maximum absolute atomic E-state index is 11.1. The number of amides is 1. The monoisotopic (exact) mass is 164 g/mol. The first-order valence-electron chi connectivity index (χ1n) is 3.31. The first-order chi connectivity index (χ1) is 5.70. The third kappa shape index (κ3) is 2.12. The van der Waals surface area contributed by atoms with Crippen LogP contribution in [-0.2, 0) is 0 Å². The van der Waals surface area contributed by atoms with Crippen LogP contribution < -0.4 is 5.73 Å². The van der Waals surface area contributed by atoms with E-state index in [9.17, 15) is 4.79 Å². The van der Waals surface area contributed by atoms with E-state index in [0.717, 1.165) is 0 Å². The minimum atomic E-state index is -0.469. The third-order valence-electron chi connectivity index (χ3n) is 1.06. The predicted molar refractivity (Wildman–Crippen MR) is 43.7 cm³/mol. The Labute approximate surface area is 69.4 Å². The Balaban J connectivity index is 2.87. The van der Waals surface area contributed by atoms with E-state index in [1.807, 2.05) is 0 Å². The van der Waals surface area contributed by atoms with E-state index in [1.165, 1.54) is 25.5 Å². The second kappa shape index (κ2) is 3.56. The lowest BCUT2D eigenvalue weighted by atomic mass is 10.4. The van der Waals surface area contributed by atoms with Crippen LogP contribution in [0.5, 0.6) is 0 Å². The smallest absolute Gasteiger partial charge is 0.298 e. The largest absolute Gasteiger partial charge is 0.387 e. The molecule has 1 rings (SSSR count). The summed E-state index contributed by atoms with van der Waals surface area (Å²) < 4.78 is 0. The number of hydrogen-bond acceptors (Lipinski definition) is 3. The molecule has 0 saturated heterocycles. The summed E-state index contributed by atoms with van der Waals surface area (Å²) in [6.07, 6.45) is 4.25. The topological polar surface area (TPSA) is 81.2 Å². The van der Waals surface area contributed by atoms with Crippen molar-refractivity contribution in [3.8, 4) is 0 Å². The lowest BCUT2D eigenvalue weighted by Crippen LogP contribution is -2.10. The molecule has 12 heavy (non-hydrogen) atoms. The number of amidine groups is 1. The Bertz CT molecular complexity index is 302. The van der Waals surface area contributed by atoms with E-state index in [-0.39, 0.29) is 11.5 Å². The highest BCUT2D eigenvalue weighted by Gasteiger charge is 2.03. The normalized spacial score (nSPS) is 11.2. The fraction of sp³-hybridized carbons (Fsp3) is 0.143. The van der Waals surface area contributed by atoms with Crippen molar-refractivity contribution < 1.29 is 4.79 Å². The van der Waals surface area contributed by atoms with Crippen LogP contribution >= 0.6 is 0 Å². The summed E-state index contributed by atoms with van der Waals surface area (Å²) in [5, 5.41) is 0. The molecule has 0 bridgehead atoms. The highest BCUT2D eigenvalue weighted by Crippen LogP contribution is 1.92. The van der Waals surface area contributed by atoms with Gasteiger partial charge < -0.3 is 5.73 Å². The van der Waals surface area contributed by atoms with Crippen molar-refractivity contribution in [1.82, 2.24) is 9.97 Å². The minimum absolute atomic E-state index is 0.197. The van der Waals surface area contributed by atoms with Crippen molar-refractivity contribution >= 4 is 11.7 Å². The number of nitrogens with zero attached hydrogens (tertiary/aromatic N) is 3. The molecule has 0 radical (unpaired) electrons. The SMILES string of the molecule is CC(N)=NC(=O)c1cnccn1. The summed E-state index contributed by atoms with van der Waals surface area (Å²) in [6, 6.07) is 0. The van der Waals surface area contributed by atoms with Crippen molar-refractivity contribution in [2.45, 2.75) is 6.92 Å². The van der Waals surface area contributed by atoms with Gasteiger partial charge >= 0.3 is 0 Å². The van der Waals surface area contributed by atoms with Crippen LogP contribution in [0.1, 0.15) is 17.4 Å². The Morgan fingerprint density at radius 1 is 1.58 bits per heavy atom. The van der Waals surface area contributed by atoms with Crippen LogP contribution in [0.4, 0.5) is 0 Å². The van der Waals surface area contributed by atoms with E-state index in [2.05, 4.69) is 15.0 Å². The summed E-state index contributed by atoms with van der Waals surface area (Å²) >= 11 is 0. The molecule has 0 unspecified atom stereocenters. The van der Waals surface area contributed by atoms with E-state index in [4.69, 9.17) is 5.73 Å². The maximum atomic E-state index is 11.1. The standard InChI is InChI=1S/C7H8N4O/c1-5(8)11-7(12)6-4-9-2-3-10-6/h2-4H,1H3,(H2,8,11,12). The van der Waals surface area contributed by atoms with E-state index in [0.29, 0.717) is 0 Å². The average Bonchev–Trinajstić information content (AvgIpc) is 2.05. The van der Waals surface area contributed by atoms with Gasteiger partial charge in [-0.2, -0.15) is 4.99 Å². The lowest BCUT2D eigenvalue weighted by Gasteiger charge is -1.92.